The average molecular weight is 502 g/mol. The molecule has 0 aliphatic rings. The monoisotopic (exact) mass is 501 g/mol. The van der Waals surface area contributed by atoms with Gasteiger partial charge in [-0.05, 0) is 25.1 Å². The van der Waals surface area contributed by atoms with Crippen molar-refractivity contribution in [2.24, 2.45) is 4.99 Å². The van der Waals surface area contributed by atoms with Crippen LogP contribution >= 0.6 is 0 Å². The summed E-state index contributed by atoms with van der Waals surface area (Å²) >= 11 is 0. The molecule has 0 radical (unpaired) electrons. The van der Waals surface area contributed by atoms with Crippen molar-refractivity contribution < 1.29 is 23.5 Å². The first-order valence-electron chi connectivity index (χ1n) is 11.3. The minimum atomic E-state index is -0.380. The molecule has 5 rings (SSSR count). The molecular formula is C25H23N7O5. The molecule has 1 aromatic carbocycles. The summed E-state index contributed by atoms with van der Waals surface area (Å²) in [6, 6.07) is 12.7. The Morgan fingerprint density at radius 3 is 2.65 bits per heavy atom. The molecular weight excluding hydrogens is 478 g/mol. The Morgan fingerprint density at radius 1 is 1.05 bits per heavy atom. The molecule has 4 heterocycles. The van der Waals surface area contributed by atoms with E-state index in [-0.39, 0.29) is 25.7 Å². The van der Waals surface area contributed by atoms with Gasteiger partial charge in [-0.1, -0.05) is 23.4 Å². The molecule has 12 nitrogen and oxygen atoms in total. The third-order valence-electron chi connectivity index (χ3n) is 5.38. The van der Waals surface area contributed by atoms with Crippen molar-refractivity contribution in [1.29, 1.82) is 0 Å². The molecule has 0 atom stereocenters. The van der Waals surface area contributed by atoms with Crippen molar-refractivity contribution in [3.8, 4) is 17.4 Å². The Morgan fingerprint density at radius 2 is 1.89 bits per heavy atom. The van der Waals surface area contributed by atoms with Crippen molar-refractivity contribution in [2.75, 3.05) is 20.8 Å². The predicted octanol–water partition coefficient (Wildman–Crippen LogP) is 3.30. The van der Waals surface area contributed by atoms with Crippen LogP contribution in [0.25, 0.3) is 27.9 Å². The SMILES string of the molecule is COC/C(C)=N/C(=O)c1ccc(COc2nn3c(-c4cc(COC)on4)nnc3c3ccccc23)nc1. The summed E-state index contributed by atoms with van der Waals surface area (Å²) in [5.41, 5.74) is 2.60. The molecule has 0 fully saturated rings. The Bertz CT molecular complexity index is 1590. The van der Waals surface area contributed by atoms with E-state index in [0.29, 0.717) is 45.8 Å². The summed E-state index contributed by atoms with van der Waals surface area (Å²) in [4.78, 5) is 20.6. The number of aromatic nitrogens is 6. The van der Waals surface area contributed by atoms with Crippen LogP contribution in [0.2, 0.25) is 0 Å². The van der Waals surface area contributed by atoms with Crippen LogP contribution in [0.5, 0.6) is 5.88 Å². The second-order valence-corrected chi connectivity index (χ2v) is 8.13. The number of methoxy groups -OCH3 is 2. The summed E-state index contributed by atoms with van der Waals surface area (Å²) in [7, 11) is 3.12. The van der Waals surface area contributed by atoms with Gasteiger partial charge in [-0.25, -0.2) is 4.99 Å². The van der Waals surface area contributed by atoms with E-state index in [1.807, 2.05) is 24.3 Å². The minimum Gasteiger partial charge on any atom is -0.470 e. The van der Waals surface area contributed by atoms with Gasteiger partial charge in [-0.3, -0.25) is 9.78 Å². The van der Waals surface area contributed by atoms with Gasteiger partial charge in [0.2, 0.25) is 11.7 Å². The fourth-order valence-corrected chi connectivity index (χ4v) is 3.70. The van der Waals surface area contributed by atoms with E-state index in [1.54, 1.807) is 43.9 Å². The summed E-state index contributed by atoms with van der Waals surface area (Å²) in [6.45, 7) is 2.43. The third-order valence-corrected chi connectivity index (χ3v) is 5.38. The van der Waals surface area contributed by atoms with Crippen LogP contribution in [0, 0.1) is 0 Å². The molecule has 0 aliphatic carbocycles. The van der Waals surface area contributed by atoms with Gasteiger partial charge in [0, 0.05) is 43.0 Å². The molecule has 12 heteroatoms. The zero-order chi connectivity index (χ0) is 25.8. The molecule has 0 saturated carbocycles. The minimum absolute atomic E-state index is 0.127. The maximum absolute atomic E-state index is 12.3. The molecule has 4 aromatic heterocycles. The first-order chi connectivity index (χ1) is 18.1. The number of pyridine rings is 1. The Labute approximate surface area is 210 Å². The fourth-order valence-electron chi connectivity index (χ4n) is 3.70. The molecule has 0 spiro atoms. The number of nitrogens with zero attached hydrogens (tertiary/aromatic N) is 7. The number of hydrogen-bond acceptors (Lipinski definition) is 10. The molecule has 1 amide bonds. The summed E-state index contributed by atoms with van der Waals surface area (Å²) in [5, 5.41) is 18.9. The van der Waals surface area contributed by atoms with Crippen LogP contribution in [0.4, 0.5) is 0 Å². The van der Waals surface area contributed by atoms with E-state index in [0.717, 1.165) is 10.8 Å². The molecule has 0 aliphatic heterocycles. The number of carbonyl (C=O) groups excluding carboxylic acids is 1. The van der Waals surface area contributed by atoms with E-state index in [2.05, 4.69) is 30.4 Å². The topological polar surface area (TPSA) is 139 Å². The van der Waals surface area contributed by atoms with Gasteiger partial charge < -0.3 is 18.7 Å². The quantitative estimate of drug-likeness (QED) is 0.276. The normalized spacial score (nSPS) is 11.9. The van der Waals surface area contributed by atoms with Gasteiger partial charge in [0.25, 0.3) is 5.91 Å². The number of hydrogen-bond donors (Lipinski definition) is 0. The first-order valence-corrected chi connectivity index (χ1v) is 11.3. The van der Waals surface area contributed by atoms with E-state index in [9.17, 15) is 4.79 Å². The lowest BCUT2D eigenvalue weighted by Crippen LogP contribution is -2.07. The number of ether oxygens (including phenoxy) is 3. The molecule has 0 N–H and O–H groups in total. The smallest absolute Gasteiger partial charge is 0.278 e. The van der Waals surface area contributed by atoms with E-state index < -0.39 is 0 Å². The Balaban J connectivity index is 1.42. The Hall–Kier alpha value is -4.55. The summed E-state index contributed by atoms with van der Waals surface area (Å²) in [5.74, 6) is 0.946. The summed E-state index contributed by atoms with van der Waals surface area (Å²) < 4.78 is 23.0. The van der Waals surface area contributed by atoms with Crippen LogP contribution in [-0.2, 0) is 22.7 Å². The summed E-state index contributed by atoms with van der Waals surface area (Å²) in [6.07, 6.45) is 1.47. The lowest BCUT2D eigenvalue weighted by Gasteiger charge is -2.09. The van der Waals surface area contributed by atoms with Crippen LogP contribution in [-0.4, -0.2) is 62.4 Å². The van der Waals surface area contributed by atoms with Gasteiger partial charge in [-0.15, -0.1) is 15.3 Å². The first kappa shape index (κ1) is 24.2. The highest BCUT2D eigenvalue weighted by molar-refractivity contribution is 6.03. The molecule has 0 saturated heterocycles. The van der Waals surface area contributed by atoms with Gasteiger partial charge in [0.15, 0.2) is 17.1 Å². The highest BCUT2D eigenvalue weighted by atomic mass is 16.5. The zero-order valence-electron chi connectivity index (χ0n) is 20.4. The van der Waals surface area contributed by atoms with Crippen molar-refractivity contribution in [3.63, 3.8) is 0 Å². The highest BCUT2D eigenvalue weighted by Gasteiger charge is 2.19. The van der Waals surface area contributed by atoms with Gasteiger partial charge in [0.05, 0.1) is 17.9 Å². The van der Waals surface area contributed by atoms with E-state index in [1.165, 1.54) is 6.20 Å². The van der Waals surface area contributed by atoms with Crippen LogP contribution in [0.3, 0.4) is 0 Å². The van der Waals surface area contributed by atoms with Crippen LogP contribution in [0.1, 0.15) is 28.7 Å². The predicted molar refractivity (Wildman–Crippen MR) is 132 cm³/mol. The van der Waals surface area contributed by atoms with E-state index in [4.69, 9.17) is 18.7 Å². The number of rotatable bonds is 9. The zero-order valence-corrected chi connectivity index (χ0v) is 20.4. The molecule has 188 valence electrons. The highest BCUT2D eigenvalue weighted by Crippen LogP contribution is 2.29. The number of fused-ring (bicyclic) bond motifs is 3. The standard InChI is InChI=1S/C25H23N7O5/c1-15(12-34-2)27-24(33)16-8-9-17(26-11-16)13-36-25-20-7-5-4-6-19(20)22-28-29-23(32(22)30-25)21-10-18(14-35-3)37-31-21/h4-11H,12-14H2,1-3H3/b27-15+. The third kappa shape index (κ3) is 5.06. The number of carbonyl (C=O) groups is 1. The van der Waals surface area contributed by atoms with Gasteiger partial charge in [-0.2, -0.15) is 4.52 Å². The van der Waals surface area contributed by atoms with Gasteiger partial charge >= 0.3 is 0 Å². The Kier molecular flexibility index (Phi) is 6.92. The van der Waals surface area contributed by atoms with Crippen molar-refractivity contribution in [3.05, 3.63) is 65.7 Å². The largest absolute Gasteiger partial charge is 0.470 e. The average Bonchev–Trinajstić information content (AvgIpc) is 3.55. The molecule has 0 unspecified atom stereocenters. The van der Waals surface area contributed by atoms with Crippen LogP contribution in [0.15, 0.2) is 58.2 Å². The maximum atomic E-state index is 12.3. The van der Waals surface area contributed by atoms with E-state index >= 15 is 0 Å². The van der Waals surface area contributed by atoms with Crippen LogP contribution < -0.4 is 4.74 Å². The molecule has 5 aromatic rings. The lowest BCUT2D eigenvalue weighted by molar-refractivity contribution is 0.100. The molecule has 0 bridgehead atoms. The fraction of sp³-hybridized carbons (Fsp3) is 0.240. The number of benzene rings is 1. The van der Waals surface area contributed by atoms with Crippen molar-refractivity contribution >= 4 is 28.0 Å². The molecule has 37 heavy (non-hydrogen) atoms. The van der Waals surface area contributed by atoms with Crippen molar-refractivity contribution in [2.45, 2.75) is 20.1 Å². The number of aliphatic imine (C=N–C) groups is 1. The van der Waals surface area contributed by atoms with Crippen molar-refractivity contribution in [1.82, 2.24) is 30.0 Å². The number of amides is 1. The lowest BCUT2D eigenvalue weighted by atomic mass is 10.2. The second kappa shape index (κ2) is 10.6. The van der Waals surface area contributed by atoms with Gasteiger partial charge in [0.1, 0.15) is 13.2 Å². The second-order valence-electron chi connectivity index (χ2n) is 8.13. The maximum Gasteiger partial charge on any atom is 0.278 e.